The summed E-state index contributed by atoms with van der Waals surface area (Å²) in [4.78, 5) is 55.4. The highest BCUT2D eigenvalue weighted by atomic mass is 16.6. The van der Waals surface area contributed by atoms with Gasteiger partial charge in [-0.15, -0.1) is 0 Å². The highest BCUT2D eigenvalue weighted by molar-refractivity contribution is 5.92. The van der Waals surface area contributed by atoms with Crippen LogP contribution in [0.25, 0.3) is 10.8 Å². The second-order valence-corrected chi connectivity index (χ2v) is 13.0. The molecule has 0 spiro atoms. The van der Waals surface area contributed by atoms with E-state index in [4.69, 9.17) is 9.47 Å². The monoisotopic (exact) mass is 619 g/mol. The molecule has 0 radical (unpaired) electrons. The fourth-order valence-electron chi connectivity index (χ4n) is 5.05. The molecule has 3 aromatic rings. The molecule has 10 heteroatoms. The van der Waals surface area contributed by atoms with E-state index >= 15 is 0 Å². The zero-order chi connectivity index (χ0) is 33.4. The molecule has 0 aliphatic heterocycles. The number of carbonyl (C=O) groups excluding carboxylic acids is 4. The minimum atomic E-state index is -0.928. The van der Waals surface area contributed by atoms with Crippen LogP contribution in [0.3, 0.4) is 0 Å². The van der Waals surface area contributed by atoms with Crippen LogP contribution in [0.5, 0.6) is 0 Å². The van der Waals surface area contributed by atoms with Gasteiger partial charge in [0.2, 0.25) is 11.8 Å². The van der Waals surface area contributed by atoms with Crippen molar-refractivity contribution in [2.75, 3.05) is 27.3 Å². The van der Waals surface area contributed by atoms with Crippen LogP contribution in [0.4, 0.5) is 4.79 Å². The molecular formula is C35H47N4O6+. The van der Waals surface area contributed by atoms with Crippen molar-refractivity contribution in [2.45, 2.75) is 70.7 Å². The smallest absolute Gasteiger partial charge is 0.408 e. The number of hydrogen-bond acceptors (Lipinski definition) is 6. The number of benzene rings is 3. The molecule has 0 saturated heterocycles. The Morgan fingerprint density at radius 1 is 0.800 bits per heavy atom. The molecule has 4 N–H and O–H groups in total. The topological polar surface area (TPSA) is 133 Å². The van der Waals surface area contributed by atoms with E-state index in [1.54, 1.807) is 48.7 Å². The van der Waals surface area contributed by atoms with Gasteiger partial charge in [0.25, 0.3) is 0 Å². The number of nitrogens with zero attached hydrogens (tertiary/aromatic N) is 2. The lowest BCUT2D eigenvalue weighted by Crippen LogP contribution is -2.68. The van der Waals surface area contributed by atoms with Crippen molar-refractivity contribution in [3.63, 3.8) is 0 Å². The van der Waals surface area contributed by atoms with E-state index in [1.165, 1.54) is 9.80 Å². The van der Waals surface area contributed by atoms with E-state index in [0.29, 0.717) is 6.42 Å². The second-order valence-electron chi connectivity index (χ2n) is 13.0. The molecule has 0 fully saturated rings. The van der Waals surface area contributed by atoms with Crippen LogP contribution in [-0.2, 0) is 36.7 Å². The van der Waals surface area contributed by atoms with E-state index in [1.807, 2.05) is 72.8 Å². The van der Waals surface area contributed by atoms with Crippen LogP contribution in [0.2, 0.25) is 0 Å². The number of nitrogens with one attached hydrogen (secondary N) is 1. The van der Waals surface area contributed by atoms with Gasteiger partial charge in [-0.25, -0.2) is 9.59 Å². The number of quaternary nitrogens is 1. The van der Waals surface area contributed by atoms with Crippen molar-refractivity contribution in [1.29, 1.82) is 0 Å². The number of fused-ring (bicyclic) bond motifs is 1. The van der Waals surface area contributed by atoms with Gasteiger partial charge in [-0.1, -0.05) is 72.8 Å². The molecule has 0 bridgehead atoms. The maximum Gasteiger partial charge on any atom is 0.408 e. The Morgan fingerprint density at radius 3 is 2.07 bits per heavy atom. The van der Waals surface area contributed by atoms with Gasteiger partial charge < -0.3 is 24.6 Å². The quantitative estimate of drug-likeness (QED) is 0.302. The van der Waals surface area contributed by atoms with Crippen LogP contribution in [0.15, 0.2) is 72.8 Å². The highest BCUT2D eigenvalue weighted by Gasteiger charge is 2.36. The van der Waals surface area contributed by atoms with Crippen LogP contribution in [0, 0.1) is 0 Å². The summed E-state index contributed by atoms with van der Waals surface area (Å²) < 4.78 is 11.1. The summed E-state index contributed by atoms with van der Waals surface area (Å²) in [6, 6.07) is 21.4. The van der Waals surface area contributed by atoms with Gasteiger partial charge in [-0.05, 0) is 56.5 Å². The first kappa shape index (κ1) is 35.2. The van der Waals surface area contributed by atoms with Gasteiger partial charge in [-0.2, -0.15) is 0 Å². The van der Waals surface area contributed by atoms with E-state index in [-0.39, 0.29) is 25.5 Å². The zero-order valence-electron chi connectivity index (χ0n) is 27.5. The number of alkyl carbamates (subject to hydrolysis) is 1. The maximum atomic E-state index is 14.2. The minimum Gasteiger partial charge on any atom is -0.444 e. The van der Waals surface area contributed by atoms with E-state index < -0.39 is 41.1 Å². The largest absolute Gasteiger partial charge is 0.444 e. The van der Waals surface area contributed by atoms with Crippen molar-refractivity contribution in [1.82, 2.24) is 15.1 Å². The third-order valence-corrected chi connectivity index (χ3v) is 7.43. The summed E-state index contributed by atoms with van der Waals surface area (Å²) in [5, 5.41) is 4.74. The first-order chi connectivity index (χ1) is 21.1. The van der Waals surface area contributed by atoms with Crippen LogP contribution >= 0.6 is 0 Å². The summed E-state index contributed by atoms with van der Waals surface area (Å²) in [7, 11) is 3.14. The van der Waals surface area contributed by atoms with Crippen LogP contribution in [0.1, 0.15) is 45.7 Å². The van der Waals surface area contributed by atoms with Gasteiger partial charge in [0.1, 0.15) is 18.2 Å². The number of amides is 4. The molecule has 10 nitrogen and oxygen atoms in total. The predicted molar refractivity (Wildman–Crippen MR) is 173 cm³/mol. The minimum absolute atomic E-state index is 0.0306. The average molecular weight is 620 g/mol. The molecule has 0 unspecified atom stereocenters. The maximum absolute atomic E-state index is 14.2. The lowest BCUT2D eigenvalue weighted by atomic mass is 9.96. The SMILES string of the molecule is CN(C(=O)COCC(C)(C)NC(=O)OC(C)(C)C)[C@H](Cc1cccc2ccccc12)C(=O)N(C)[C@H](Cc1ccccc1)C([NH3+])=O. The van der Waals surface area contributed by atoms with Crippen LogP contribution < -0.4 is 11.1 Å². The van der Waals surface area contributed by atoms with E-state index in [9.17, 15) is 19.2 Å². The van der Waals surface area contributed by atoms with Gasteiger partial charge >= 0.3 is 12.0 Å². The van der Waals surface area contributed by atoms with Crippen molar-refractivity contribution in [3.05, 3.63) is 83.9 Å². The molecule has 0 aliphatic rings. The molecule has 2 atom stereocenters. The Bertz CT molecular complexity index is 1480. The molecule has 3 rings (SSSR count). The lowest BCUT2D eigenvalue weighted by Gasteiger charge is -2.34. The summed E-state index contributed by atoms with van der Waals surface area (Å²) >= 11 is 0. The molecule has 242 valence electrons. The molecule has 45 heavy (non-hydrogen) atoms. The fourth-order valence-corrected chi connectivity index (χ4v) is 5.05. The Hall–Kier alpha value is -4.28. The van der Waals surface area contributed by atoms with Crippen LogP contribution in [-0.4, -0.2) is 84.1 Å². The summed E-state index contributed by atoms with van der Waals surface area (Å²) in [5.41, 5.74) is 3.94. The van der Waals surface area contributed by atoms with Gasteiger partial charge in [0.15, 0.2) is 6.04 Å². The third-order valence-electron chi connectivity index (χ3n) is 7.43. The fraction of sp³-hybridized carbons (Fsp3) is 0.429. The summed E-state index contributed by atoms with van der Waals surface area (Å²) in [6.07, 6.45) is -0.0669. The van der Waals surface area contributed by atoms with Crippen molar-refractivity contribution in [3.8, 4) is 0 Å². The molecule has 3 aromatic carbocycles. The number of carbonyl (C=O) groups is 4. The number of rotatable bonds is 13. The Balaban J connectivity index is 1.81. The number of hydrogen-bond donors (Lipinski definition) is 2. The van der Waals surface area contributed by atoms with Crippen molar-refractivity contribution >= 4 is 34.6 Å². The summed E-state index contributed by atoms with van der Waals surface area (Å²) in [6.45, 7) is 8.55. The van der Waals surface area contributed by atoms with Gasteiger partial charge in [0.05, 0.1) is 12.1 Å². The van der Waals surface area contributed by atoms with Gasteiger partial charge in [0, 0.05) is 26.9 Å². The van der Waals surface area contributed by atoms with Gasteiger partial charge in [-0.3, -0.25) is 15.3 Å². The standard InChI is InChI=1S/C35H46N4O6/c1-34(2,3)45-33(43)37-35(4,5)23-44-22-30(40)38(6)29(21-26-18-13-17-25-16-11-12-19-27(25)26)32(42)39(7)28(31(36)41)20-24-14-9-8-10-15-24/h8-19,28-29H,20-23H2,1-7H3,(H2,36,41)(H,37,43)/p+1/t28-,29-/m1/s1. The summed E-state index contributed by atoms with van der Waals surface area (Å²) in [5.74, 6) is -1.20. The zero-order valence-corrected chi connectivity index (χ0v) is 27.5. The number of likely N-dealkylation sites (N-methyl/N-ethyl adjacent to an activating group) is 2. The third kappa shape index (κ3) is 10.4. The molecule has 0 aromatic heterocycles. The van der Waals surface area contributed by atoms with Crippen molar-refractivity contribution < 1.29 is 34.4 Å². The van der Waals surface area contributed by atoms with E-state index in [0.717, 1.165) is 21.9 Å². The Morgan fingerprint density at radius 2 is 1.42 bits per heavy atom. The molecule has 0 heterocycles. The Labute approximate surface area is 265 Å². The first-order valence-electron chi connectivity index (χ1n) is 15.1. The van der Waals surface area contributed by atoms with E-state index in [2.05, 4.69) is 11.1 Å². The normalized spacial score (nSPS) is 13.1. The van der Waals surface area contributed by atoms with Crippen molar-refractivity contribution in [2.24, 2.45) is 0 Å². The number of ether oxygens (including phenoxy) is 2. The average Bonchev–Trinajstić information content (AvgIpc) is 2.96. The molecule has 0 aliphatic carbocycles. The predicted octanol–water partition coefficient (Wildman–Crippen LogP) is 3.37. The molecular weight excluding hydrogens is 572 g/mol. The highest BCUT2D eigenvalue weighted by Crippen LogP contribution is 2.22. The lowest BCUT2D eigenvalue weighted by molar-refractivity contribution is -0.311. The molecule has 4 amide bonds. The second kappa shape index (κ2) is 15.1. The first-order valence-corrected chi connectivity index (χ1v) is 15.1. The molecule has 0 saturated carbocycles. The Kier molecular flexibility index (Phi) is 11.8.